The Morgan fingerprint density at radius 3 is 2.79 bits per heavy atom. The van der Waals surface area contributed by atoms with Crippen molar-refractivity contribution in [1.82, 2.24) is 9.47 Å². The van der Waals surface area contributed by atoms with Crippen LogP contribution in [-0.4, -0.2) is 38.0 Å². The van der Waals surface area contributed by atoms with E-state index >= 15 is 0 Å². The number of hydrogen-bond donors (Lipinski definition) is 1. The Labute approximate surface area is 178 Å². The largest absolute Gasteiger partial charge is 0.356 e. The maximum Gasteiger partial charge on any atom is 0.250 e. The highest BCUT2D eigenvalue weighted by Gasteiger charge is 2.35. The van der Waals surface area contributed by atoms with Gasteiger partial charge in [0.1, 0.15) is 10.1 Å². The van der Waals surface area contributed by atoms with Gasteiger partial charge in [0.2, 0.25) is 5.91 Å². The minimum absolute atomic E-state index is 0.0565. The molecule has 1 N–H and O–H groups in total. The van der Waals surface area contributed by atoms with Crippen molar-refractivity contribution in [1.29, 1.82) is 0 Å². The van der Waals surface area contributed by atoms with Crippen LogP contribution < -0.4 is 10.9 Å². The summed E-state index contributed by atoms with van der Waals surface area (Å²) in [7, 11) is 0. The molecular weight excluding hydrogens is 409 g/mol. The first-order chi connectivity index (χ1) is 13.9. The number of thiocarbonyl (C=S) groups is 1. The molecule has 0 saturated carbocycles. The van der Waals surface area contributed by atoms with Crippen LogP contribution in [0.25, 0.3) is 0 Å². The summed E-state index contributed by atoms with van der Waals surface area (Å²) in [5.41, 5.74) is 1.29. The molecule has 1 fully saturated rings. The third-order valence-electron chi connectivity index (χ3n) is 5.52. The van der Waals surface area contributed by atoms with Crippen molar-refractivity contribution in [3.8, 4) is 0 Å². The number of rotatable bonds is 3. The highest BCUT2D eigenvalue weighted by Crippen LogP contribution is 2.36. The van der Waals surface area contributed by atoms with Crippen LogP contribution >= 0.6 is 24.0 Å². The minimum Gasteiger partial charge on any atom is -0.356 e. The van der Waals surface area contributed by atoms with Gasteiger partial charge in [-0.1, -0.05) is 42.2 Å². The topological polar surface area (TPSA) is 54.3 Å². The number of benzene rings is 1. The van der Waals surface area contributed by atoms with E-state index in [1.54, 1.807) is 25.1 Å². The van der Waals surface area contributed by atoms with E-state index in [1.165, 1.54) is 23.9 Å². The number of halogens is 1. The molecule has 1 aromatic carbocycles. The van der Waals surface area contributed by atoms with Crippen LogP contribution in [0.5, 0.6) is 0 Å². The molecule has 4 rings (SSSR count). The Hall–Kier alpha value is -2.19. The predicted octanol–water partition coefficient (Wildman–Crippen LogP) is 3.45. The number of para-hydroxylation sites is 1. The maximum absolute atomic E-state index is 13.8. The molecular formula is C21H22FN3O2S2. The van der Waals surface area contributed by atoms with Gasteiger partial charge in [-0.2, -0.15) is 0 Å². The van der Waals surface area contributed by atoms with Crippen molar-refractivity contribution >= 4 is 39.9 Å². The first kappa shape index (κ1) is 20.1. The summed E-state index contributed by atoms with van der Waals surface area (Å²) in [6.07, 6.45) is 1.05. The number of amides is 1. The Morgan fingerprint density at radius 2 is 2.00 bits per heavy atom. The molecule has 2 aliphatic heterocycles. The summed E-state index contributed by atoms with van der Waals surface area (Å²) < 4.78 is 16.3. The molecule has 2 aliphatic rings. The quantitative estimate of drug-likeness (QED) is 0.755. The van der Waals surface area contributed by atoms with Gasteiger partial charge in [-0.25, -0.2) is 4.39 Å². The Morgan fingerprint density at radius 1 is 1.21 bits per heavy atom. The molecule has 5 nitrogen and oxygen atoms in total. The lowest BCUT2D eigenvalue weighted by Gasteiger charge is -2.43. The van der Waals surface area contributed by atoms with E-state index in [4.69, 9.17) is 12.2 Å². The van der Waals surface area contributed by atoms with Crippen LogP contribution in [0.1, 0.15) is 25.0 Å². The van der Waals surface area contributed by atoms with Crippen molar-refractivity contribution < 1.29 is 9.18 Å². The van der Waals surface area contributed by atoms with E-state index in [2.05, 4.69) is 10.2 Å². The average Bonchev–Trinajstić information content (AvgIpc) is 2.70. The summed E-state index contributed by atoms with van der Waals surface area (Å²) in [5, 5.41) is 2.18. The zero-order valence-corrected chi connectivity index (χ0v) is 17.6. The number of piperidine rings is 1. The van der Waals surface area contributed by atoms with Gasteiger partial charge in [-0.05, 0) is 37.5 Å². The fourth-order valence-electron chi connectivity index (χ4n) is 4.12. The molecule has 0 spiro atoms. The minimum atomic E-state index is -0.460. The Bertz CT molecular complexity index is 1010. The maximum atomic E-state index is 13.8. The number of thioether (sulfide) groups is 1. The Kier molecular flexibility index (Phi) is 5.74. The van der Waals surface area contributed by atoms with Crippen molar-refractivity contribution in [2.24, 2.45) is 5.92 Å². The number of aromatic nitrogens is 1. The first-order valence-electron chi connectivity index (χ1n) is 9.63. The summed E-state index contributed by atoms with van der Waals surface area (Å²) in [6, 6.07) is 11.6. The summed E-state index contributed by atoms with van der Waals surface area (Å²) in [4.78, 5) is 26.8. The second-order valence-corrected chi connectivity index (χ2v) is 9.57. The van der Waals surface area contributed by atoms with Gasteiger partial charge >= 0.3 is 0 Å². The summed E-state index contributed by atoms with van der Waals surface area (Å²) >= 11 is 6.95. The van der Waals surface area contributed by atoms with Gasteiger partial charge in [0.25, 0.3) is 5.56 Å². The number of nitrogens with zero attached hydrogens (tertiary/aromatic N) is 2. The molecule has 0 unspecified atom stereocenters. The zero-order chi connectivity index (χ0) is 20.5. The lowest BCUT2D eigenvalue weighted by Crippen LogP contribution is -2.48. The normalized spacial score (nSPS) is 21.2. The first-order valence-corrected chi connectivity index (χ1v) is 10.9. The molecule has 8 heteroatoms. The van der Waals surface area contributed by atoms with Crippen LogP contribution in [0, 0.1) is 11.7 Å². The van der Waals surface area contributed by atoms with Crippen LogP contribution in [-0.2, 0) is 11.3 Å². The second kappa shape index (κ2) is 8.28. The molecule has 1 aromatic heterocycles. The standard InChI is InChI=1S/C21H22FN3O2S2/c1-13(20(27)23-17-6-3-2-5-16(17)22)29-21(28)24-10-14-9-15(12-24)18-7-4-8-19(26)25(18)11-14/h2-8,13-15H,9-12H2,1H3,(H,23,27)/t13-,14+,15+/m1/s1. The SMILES string of the molecule is C[C@@H](SC(=S)N1C[C@@H]2C[C@@H](C1)c1cccc(=O)n1C2)C(=O)Nc1ccccc1F. The number of hydrogen-bond acceptors (Lipinski definition) is 4. The summed E-state index contributed by atoms with van der Waals surface area (Å²) in [6.45, 7) is 4.00. The highest BCUT2D eigenvalue weighted by molar-refractivity contribution is 8.23. The third-order valence-corrected chi connectivity index (χ3v) is 7.09. The van der Waals surface area contributed by atoms with Crippen LogP contribution in [0.4, 0.5) is 10.1 Å². The van der Waals surface area contributed by atoms with Crippen LogP contribution in [0.3, 0.4) is 0 Å². The average molecular weight is 432 g/mol. The lowest BCUT2D eigenvalue weighted by atomic mass is 9.83. The number of likely N-dealkylation sites (tertiary alicyclic amines) is 1. The smallest absolute Gasteiger partial charge is 0.250 e. The van der Waals surface area contributed by atoms with Gasteiger partial charge < -0.3 is 14.8 Å². The molecule has 1 saturated heterocycles. The highest BCUT2D eigenvalue weighted by atomic mass is 32.2. The van der Waals surface area contributed by atoms with Crippen LogP contribution in [0.2, 0.25) is 0 Å². The predicted molar refractivity (Wildman–Crippen MR) is 118 cm³/mol. The fourth-order valence-corrected chi connectivity index (χ4v) is 5.47. The lowest BCUT2D eigenvalue weighted by molar-refractivity contribution is -0.115. The number of carbonyl (C=O) groups is 1. The third kappa shape index (κ3) is 4.23. The molecule has 2 aromatic rings. The van der Waals surface area contributed by atoms with E-state index < -0.39 is 11.1 Å². The van der Waals surface area contributed by atoms with Gasteiger partial charge in [-0.3, -0.25) is 9.59 Å². The number of carbonyl (C=O) groups excluding carboxylic acids is 1. The molecule has 152 valence electrons. The zero-order valence-electron chi connectivity index (χ0n) is 16.0. The van der Waals surface area contributed by atoms with E-state index in [0.29, 0.717) is 16.8 Å². The number of pyridine rings is 1. The number of nitrogens with one attached hydrogen (secondary N) is 1. The molecule has 3 atom stereocenters. The van der Waals surface area contributed by atoms with Crippen molar-refractivity contribution in [2.45, 2.75) is 31.1 Å². The van der Waals surface area contributed by atoms with Crippen molar-refractivity contribution in [2.75, 3.05) is 18.4 Å². The number of anilines is 1. The van der Waals surface area contributed by atoms with Crippen LogP contribution in [0.15, 0.2) is 47.3 Å². The number of fused-ring (bicyclic) bond motifs is 4. The van der Waals surface area contributed by atoms with Gasteiger partial charge in [0.05, 0.1) is 10.9 Å². The molecule has 0 radical (unpaired) electrons. The van der Waals surface area contributed by atoms with E-state index in [1.807, 2.05) is 16.7 Å². The van der Waals surface area contributed by atoms with E-state index in [0.717, 1.165) is 25.2 Å². The van der Waals surface area contributed by atoms with Gasteiger partial charge in [0.15, 0.2) is 0 Å². The van der Waals surface area contributed by atoms with Crippen molar-refractivity contribution in [3.05, 3.63) is 64.3 Å². The van der Waals surface area contributed by atoms with Gasteiger partial charge in [-0.15, -0.1) is 0 Å². The summed E-state index contributed by atoms with van der Waals surface area (Å²) in [5.74, 6) is -0.116. The molecule has 3 heterocycles. The molecule has 2 bridgehead atoms. The second-order valence-electron chi connectivity index (χ2n) is 7.60. The molecule has 0 aliphatic carbocycles. The van der Waals surface area contributed by atoms with E-state index in [9.17, 15) is 14.0 Å². The molecule has 1 amide bonds. The van der Waals surface area contributed by atoms with Gasteiger partial charge in [0, 0.05) is 37.3 Å². The fraction of sp³-hybridized carbons (Fsp3) is 0.381. The molecule has 29 heavy (non-hydrogen) atoms. The Balaban J connectivity index is 1.40. The van der Waals surface area contributed by atoms with E-state index in [-0.39, 0.29) is 23.1 Å². The monoisotopic (exact) mass is 431 g/mol. The van der Waals surface area contributed by atoms with Crippen molar-refractivity contribution in [3.63, 3.8) is 0 Å².